The fraction of sp³-hybridized carbons (Fsp3) is 0.571. The molecule has 2 aliphatic heterocycles. The number of hydrogen-bond donors (Lipinski definition) is 1. The Bertz CT molecular complexity index is 778. The highest BCUT2D eigenvalue weighted by Gasteiger charge is 2.52. The molecule has 1 aromatic rings. The number of nitrogens with zero attached hydrogens (tertiary/aromatic N) is 2. The number of carboxylic acids is 1. The Labute approximate surface area is 164 Å². The third-order valence-corrected chi connectivity index (χ3v) is 6.45. The predicted octanol–water partition coefficient (Wildman–Crippen LogP) is 2.01. The van der Waals surface area contributed by atoms with Crippen molar-refractivity contribution in [3.63, 3.8) is 0 Å². The molecule has 1 aliphatic carbocycles. The van der Waals surface area contributed by atoms with Gasteiger partial charge in [-0.1, -0.05) is 0 Å². The fourth-order valence-corrected chi connectivity index (χ4v) is 4.54. The van der Waals surface area contributed by atoms with Gasteiger partial charge in [-0.25, -0.2) is 4.79 Å². The van der Waals surface area contributed by atoms with Gasteiger partial charge in [-0.3, -0.25) is 9.59 Å². The SMILES string of the molecule is COc1ccc(C(=O)N2CCC3(CC2)C[C@@H](C(=O)O)N(C(=O)C2CC2)C3)cc1. The number of rotatable bonds is 4. The first-order valence-corrected chi connectivity index (χ1v) is 9.89. The molecular weight excluding hydrogens is 360 g/mol. The van der Waals surface area contributed by atoms with Crippen LogP contribution < -0.4 is 4.74 Å². The van der Waals surface area contributed by atoms with Crippen LogP contribution in [0.3, 0.4) is 0 Å². The number of carbonyl (C=O) groups is 3. The molecular formula is C21H26N2O5. The van der Waals surface area contributed by atoms with E-state index in [-0.39, 0.29) is 23.1 Å². The van der Waals surface area contributed by atoms with Gasteiger partial charge in [-0.2, -0.15) is 0 Å². The van der Waals surface area contributed by atoms with E-state index in [1.807, 2.05) is 4.90 Å². The highest BCUT2D eigenvalue weighted by Crippen LogP contribution is 2.45. The Morgan fingerprint density at radius 2 is 1.75 bits per heavy atom. The number of methoxy groups -OCH3 is 1. The van der Waals surface area contributed by atoms with Gasteiger partial charge in [0.05, 0.1) is 7.11 Å². The van der Waals surface area contributed by atoms with Gasteiger partial charge in [0.2, 0.25) is 5.91 Å². The largest absolute Gasteiger partial charge is 0.497 e. The molecule has 2 saturated heterocycles. The molecule has 7 heteroatoms. The van der Waals surface area contributed by atoms with Crippen LogP contribution in [0.15, 0.2) is 24.3 Å². The summed E-state index contributed by atoms with van der Waals surface area (Å²) in [5.74, 6) is -0.200. The van der Waals surface area contributed by atoms with E-state index in [9.17, 15) is 19.5 Å². The molecule has 3 fully saturated rings. The molecule has 28 heavy (non-hydrogen) atoms. The number of carbonyl (C=O) groups excluding carboxylic acids is 2. The molecule has 0 aromatic heterocycles. The summed E-state index contributed by atoms with van der Waals surface area (Å²) >= 11 is 0. The van der Waals surface area contributed by atoms with Crippen molar-refractivity contribution >= 4 is 17.8 Å². The number of piperidine rings is 1. The van der Waals surface area contributed by atoms with Crippen LogP contribution in [0.25, 0.3) is 0 Å². The van der Waals surface area contributed by atoms with Crippen molar-refractivity contribution in [1.29, 1.82) is 0 Å². The van der Waals surface area contributed by atoms with E-state index in [1.54, 1.807) is 36.3 Å². The molecule has 0 radical (unpaired) electrons. The maximum absolute atomic E-state index is 12.8. The van der Waals surface area contributed by atoms with Gasteiger partial charge in [-0.15, -0.1) is 0 Å². The molecule has 0 bridgehead atoms. The maximum Gasteiger partial charge on any atom is 0.326 e. The maximum atomic E-state index is 12.8. The second kappa shape index (κ2) is 7.11. The lowest BCUT2D eigenvalue weighted by molar-refractivity contribution is -0.148. The quantitative estimate of drug-likeness (QED) is 0.855. The van der Waals surface area contributed by atoms with E-state index in [0.717, 1.165) is 25.7 Å². The minimum atomic E-state index is -0.914. The summed E-state index contributed by atoms with van der Waals surface area (Å²) in [5, 5.41) is 9.61. The molecule has 7 nitrogen and oxygen atoms in total. The molecule has 1 saturated carbocycles. The average Bonchev–Trinajstić information content (AvgIpc) is 3.50. The van der Waals surface area contributed by atoms with E-state index >= 15 is 0 Å². The summed E-state index contributed by atoms with van der Waals surface area (Å²) in [5.41, 5.74) is 0.432. The van der Waals surface area contributed by atoms with Crippen LogP contribution in [0.5, 0.6) is 5.75 Å². The van der Waals surface area contributed by atoms with Crippen LogP contribution in [0.1, 0.15) is 42.5 Å². The lowest BCUT2D eigenvalue weighted by Gasteiger charge is -2.39. The van der Waals surface area contributed by atoms with Crippen LogP contribution in [-0.4, -0.2) is 65.5 Å². The molecule has 1 spiro atoms. The van der Waals surface area contributed by atoms with Crippen molar-refractivity contribution in [2.45, 2.75) is 38.1 Å². The number of ether oxygens (including phenoxy) is 1. The standard InChI is InChI=1S/C21H26N2O5/c1-28-16-6-4-14(5-7-16)18(24)22-10-8-21(9-11-22)12-17(20(26)27)23(13-21)19(25)15-2-3-15/h4-7,15,17H,2-3,8-13H2,1H3,(H,26,27)/t17-/m0/s1. The molecule has 1 atom stereocenters. The second-order valence-electron chi connectivity index (χ2n) is 8.32. The summed E-state index contributed by atoms with van der Waals surface area (Å²) in [6.45, 7) is 1.68. The van der Waals surface area contributed by atoms with Gasteiger partial charge in [-0.05, 0) is 61.8 Å². The topological polar surface area (TPSA) is 87.2 Å². The second-order valence-corrected chi connectivity index (χ2v) is 8.32. The number of likely N-dealkylation sites (tertiary alicyclic amines) is 2. The highest BCUT2D eigenvalue weighted by molar-refractivity contribution is 5.94. The Hall–Kier alpha value is -2.57. The van der Waals surface area contributed by atoms with E-state index in [0.29, 0.717) is 37.4 Å². The van der Waals surface area contributed by atoms with E-state index in [1.165, 1.54) is 0 Å². The number of amides is 2. The molecule has 3 aliphatic rings. The number of hydrogen-bond acceptors (Lipinski definition) is 4. The zero-order valence-corrected chi connectivity index (χ0v) is 16.1. The van der Waals surface area contributed by atoms with Crippen molar-refractivity contribution < 1.29 is 24.2 Å². The van der Waals surface area contributed by atoms with Crippen LogP contribution in [0, 0.1) is 11.3 Å². The van der Waals surface area contributed by atoms with Gasteiger partial charge < -0.3 is 19.6 Å². The smallest absolute Gasteiger partial charge is 0.326 e. The molecule has 2 amide bonds. The lowest BCUT2D eigenvalue weighted by Crippen LogP contribution is -2.45. The molecule has 4 rings (SSSR count). The fourth-order valence-electron chi connectivity index (χ4n) is 4.54. The van der Waals surface area contributed by atoms with Gasteiger partial charge in [0.25, 0.3) is 5.91 Å². The van der Waals surface area contributed by atoms with E-state index < -0.39 is 12.0 Å². The number of carboxylic acid groups (broad SMARTS) is 1. The zero-order chi connectivity index (χ0) is 19.9. The summed E-state index contributed by atoms with van der Waals surface area (Å²) in [6, 6.07) is 6.34. The molecule has 2 heterocycles. The van der Waals surface area contributed by atoms with Gasteiger partial charge in [0.15, 0.2) is 0 Å². The summed E-state index contributed by atoms with van der Waals surface area (Å²) < 4.78 is 5.13. The number of aliphatic carboxylic acids is 1. The minimum Gasteiger partial charge on any atom is -0.497 e. The third-order valence-electron chi connectivity index (χ3n) is 6.45. The Balaban J connectivity index is 1.41. The van der Waals surface area contributed by atoms with Crippen LogP contribution in [0.2, 0.25) is 0 Å². The molecule has 0 unspecified atom stereocenters. The van der Waals surface area contributed by atoms with Gasteiger partial charge in [0.1, 0.15) is 11.8 Å². The molecule has 1 aromatic carbocycles. The van der Waals surface area contributed by atoms with Gasteiger partial charge >= 0.3 is 5.97 Å². The third kappa shape index (κ3) is 3.45. The Morgan fingerprint density at radius 3 is 2.29 bits per heavy atom. The van der Waals surface area contributed by atoms with Crippen LogP contribution in [0.4, 0.5) is 0 Å². The van der Waals surface area contributed by atoms with Crippen LogP contribution >= 0.6 is 0 Å². The van der Waals surface area contributed by atoms with Crippen molar-refractivity contribution in [3.8, 4) is 5.75 Å². The first-order chi connectivity index (χ1) is 13.4. The molecule has 1 N–H and O–H groups in total. The minimum absolute atomic E-state index is 0.000939. The van der Waals surface area contributed by atoms with Gasteiger partial charge in [0, 0.05) is 31.1 Å². The molecule has 150 valence electrons. The van der Waals surface area contributed by atoms with Crippen molar-refractivity contribution in [3.05, 3.63) is 29.8 Å². The number of benzene rings is 1. The summed E-state index contributed by atoms with van der Waals surface area (Å²) in [4.78, 5) is 40.5. The zero-order valence-electron chi connectivity index (χ0n) is 16.1. The first kappa shape index (κ1) is 18.8. The summed E-state index contributed by atoms with van der Waals surface area (Å²) in [7, 11) is 1.59. The van der Waals surface area contributed by atoms with Crippen molar-refractivity contribution in [2.24, 2.45) is 11.3 Å². The highest BCUT2D eigenvalue weighted by atomic mass is 16.5. The Kier molecular flexibility index (Phi) is 4.77. The predicted molar refractivity (Wildman–Crippen MR) is 101 cm³/mol. The summed E-state index contributed by atoms with van der Waals surface area (Å²) in [6.07, 6.45) is 3.70. The van der Waals surface area contributed by atoms with E-state index in [4.69, 9.17) is 4.74 Å². The Morgan fingerprint density at radius 1 is 1.11 bits per heavy atom. The monoisotopic (exact) mass is 386 g/mol. The average molecular weight is 386 g/mol. The van der Waals surface area contributed by atoms with Crippen LogP contribution in [-0.2, 0) is 9.59 Å². The first-order valence-electron chi connectivity index (χ1n) is 9.89. The van der Waals surface area contributed by atoms with Crippen molar-refractivity contribution in [1.82, 2.24) is 9.80 Å². The lowest BCUT2D eigenvalue weighted by atomic mass is 9.76. The normalized spacial score (nSPS) is 23.7. The van der Waals surface area contributed by atoms with Crippen molar-refractivity contribution in [2.75, 3.05) is 26.7 Å². The van der Waals surface area contributed by atoms with E-state index in [2.05, 4.69) is 0 Å².